The molecule has 0 atom stereocenters. The molecule has 1 aromatic heterocycles. The molecule has 100 valence electrons. The lowest BCUT2D eigenvalue weighted by atomic mass is 10.4. The summed E-state index contributed by atoms with van der Waals surface area (Å²) < 4.78 is 5.40. The Labute approximate surface area is 113 Å². The van der Waals surface area contributed by atoms with Gasteiger partial charge >= 0.3 is 0 Å². The number of carbonyl (C=O) groups is 1. The molecule has 1 saturated carbocycles. The minimum Gasteiger partial charge on any atom is -0.465 e. The van der Waals surface area contributed by atoms with Crippen LogP contribution in [0.15, 0.2) is 16.5 Å². The van der Waals surface area contributed by atoms with Crippen LogP contribution in [0.5, 0.6) is 0 Å². The summed E-state index contributed by atoms with van der Waals surface area (Å²) in [6, 6.07) is 3.82. The Kier molecular flexibility index (Phi) is 5.17. The first kappa shape index (κ1) is 13.5. The summed E-state index contributed by atoms with van der Waals surface area (Å²) in [5.41, 5.74) is 0. The van der Waals surface area contributed by atoms with E-state index in [1.54, 1.807) is 0 Å². The van der Waals surface area contributed by atoms with Crippen LogP contribution in [0.4, 0.5) is 0 Å². The Morgan fingerprint density at radius 1 is 1.44 bits per heavy atom. The molecule has 0 aliphatic heterocycles. The van der Waals surface area contributed by atoms with Gasteiger partial charge in [-0.1, -0.05) is 12.8 Å². The van der Waals surface area contributed by atoms with Crippen molar-refractivity contribution in [3.05, 3.63) is 23.7 Å². The first-order valence-corrected chi connectivity index (χ1v) is 7.72. The Morgan fingerprint density at radius 3 is 2.89 bits per heavy atom. The van der Waals surface area contributed by atoms with Crippen molar-refractivity contribution in [2.75, 3.05) is 5.75 Å². The largest absolute Gasteiger partial charge is 0.465 e. The van der Waals surface area contributed by atoms with E-state index < -0.39 is 0 Å². The van der Waals surface area contributed by atoms with Gasteiger partial charge in [-0.3, -0.25) is 4.79 Å². The molecule has 0 radical (unpaired) electrons. The minimum absolute atomic E-state index is 0.120. The van der Waals surface area contributed by atoms with Crippen molar-refractivity contribution < 1.29 is 9.21 Å². The number of carbonyl (C=O) groups excluding carboxylic acids is 1. The van der Waals surface area contributed by atoms with Crippen LogP contribution in [0, 0.1) is 6.92 Å². The summed E-state index contributed by atoms with van der Waals surface area (Å²) in [7, 11) is 0. The number of rotatable bonds is 6. The molecular formula is C14H21NO2S. The van der Waals surface area contributed by atoms with Crippen LogP contribution in [0.3, 0.4) is 0 Å². The van der Waals surface area contributed by atoms with E-state index in [2.05, 4.69) is 5.32 Å². The van der Waals surface area contributed by atoms with Gasteiger partial charge in [0.05, 0.1) is 6.54 Å². The molecule has 0 unspecified atom stereocenters. The van der Waals surface area contributed by atoms with Crippen LogP contribution in [0.25, 0.3) is 0 Å². The monoisotopic (exact) mass is 267 g/mol. The van der Waals surface area contributed by atoms with E-state index in [-0.39, 0.29) is 5.91 Å². The number of amides is 1. The highest BCUT2D eigenvalue weighted by Gasteiger charge is 2.15. The van der Waals surface area contributed by atoms with E-state index in [0.29, 0.717) is 13.0 Å². The maximum atomic E-state index is 11.6. The van der Waals surface area contributed by atoms with Crippen LogP contribution >= 0.6 is 11.8 Å². The van der Waals surface area contributed by atoms with E-state index in [4.69, 9.17) is 4.42 Å². The first-order valence-electron chi connectivity index (χ1n) is 6.67. The molecule has 4 heteroatoms. The van der Waals surface area contributed by atoms with Gasteiger partial charge in [0.15, 0.2) is 0 Å². The lowest BCUT2D eigenvalue weighted by molar-refractivity contribution is -0.120. The van der Waals surface area contributed by atoms with Gasteiger partial charge in [-0.15, -0.1) is 0 Å². The molecule has 1 fully saturated rings. The summed E-state index contributed by atoms with van der Waals surface area (Å²) >= 11 is 1.95. The van der Waals surface area contributed by atoms with Crippen LogP contribution in [-0.4, -0.2) is 16.9 Å². The molecular weight excluding hydrogens is 246 g/mol. The second kappa shape index (κ2) is 6.88. The van der Waals surface area contributed by atoms with E-state index in [1.165, 1.54) is 25.7 Å². The third kappa shape index (κ3) is 4.41. The van der Waals surface area contributed by atoms with Crippen LogP contribution in [-0.2, 0) is 11.3 Å². The fourth-order valence-corrected chi connectivity index (χ4v) is 3.53. The first-order chi connectivity index (χ1) is 8.74. The number of furan rings is 1. The SMILES string of the molecule is Cc1ccc(CNC(=O)CCSC2CCCC2)o1. The van der Waals surface area contributed by atoms with E-state index >= 15 is 0 Å². The topological polar surface area (TPSA) is 42.2 Å². The van der Waals surface area contributed by atoms with Gasteiger partial charge in [-0.2, -0.15) is 11.8 Å². The maximum Gasteiger partial charge on any atom is 0.221 e. The van der Waals surface area contributed by atoms with Gasteiger partial charge < -0.3 is 9.73 Å². The highest BCUT2D eigenvalue weighted by Crippen LogP contribution is 2.29. The van der Waals surface area contributed by atoms with E-state index in [1.807, 2.05) is 30.8 Å². The van der Waals surface area contributed by atoms with Gasteiger partial charge in [0.2, 0.25) is 5.91 Å². The third-order valence-corrected chi connectivity index (χ3v) is 4.62. The van der Waals surface area contributed by atoms with Crippen LogP contribution in [0.1, 0.15) is 43.6 Å². The summed E-state index contributed by atoms with van der Waals surface area (Å²) in [6.45, 7) is 2.41. The molecule has 18 heavy (non-hydrogen) atoms. The smallest absolute Gasteiger partial charge is 0.221 e. The average molecular weight is 267 g/mol. The van der Waals surface area contributed by atoms with Crippen LogP contribution in [0.2, 0.25) is 0 Å². The molecule has 1 aliphatic carbocycles. The molecule has 1 aliphatic rings. The Bertz CT molecular complexity index is 383. The molecule has 2 rings (SSSR count). The van der Waals surface area contributed by atoms with Gasteiger partial charge in [0.1, 0.15) is 11.5 Å². The summed E-state index contributed by atoms with van der Waals surface area (Å²) in [5.74, 6) is 2.77. The lowest BCUT2D eigenvalue weighted by Crippen LogP contribution is -2.23. The molecule has 1 amide bonds. The highest BCUT2D eigenvalue weighted by atomic mass is 32.2. The summed E-state index contributed by atoms with van der Waals surface area (Å²) in [4.78, 5) is 11.6. The number of thioether (sulfide) groups is 1. The van der Waals surface area contributed by atoms with Crippen molar-refractivity contribution in [3.8, 4) is 0 Å². The predicted molar refractivity (Wildman–Crippen MR) is 74.6 cm³/mol. The fourth-order valence-electron chi connectivity index (χ4n) is 2.23. The molecule has 1 aromatic rings. The van der Waals surface area contributed by atoms with Crippen LogP contribution < -0.4 is 5.32 Å². The number of nitrogens with one attached hydrogen (secondary N) is 1. The van der Waals surface area contributed by atoms with Gasteiger partial charge in [-0.05, 0) is 31.9 Å². The quantitative estimate of drug-likeness (QED) is 0.860. The maximum absolute atomic E-state index is 11.6. The zero-order valence-corrected chi connectivity index (χ0v) is 11.7. The molecule has 0 aromatic carbocycles. The Hall–Kier alpha value is -0.900. The standard InChI is InChI=1S/C14H21NO2S/c1-11-6-7-12(17-11)10-15-14(16)8-9-18-13-4-2-3-5-13/h6-7,13H,2-5,8-10H2,1H3,(H,15,16). The van der Waals surface area contributed by atoms with Gasteiger partial charge in [0.25, 0.3) is 0 Å². The van der Waals surface area contributed by atoms with Crippen molar-refractivity contribution in [2.45, 2.75) is 50.8 Å². The second-order valence-corrected chi connectivity index (χ2v) is 6.22. The fraction of sp³-hybridized carbons (Fsp3) is 0.643. The average Bonchev–Trinajstić information content (AvgIpc) is 2.98. The number of hydrogen-bond donors (Lipinski definition) is 1. The van der Waals surface area contributed by atoms with Crippen molar-refractivity contribution in [3.63, 3.8) is 0 Å². The molecule has 0 spiro atoms. The predicted octanol–water partition coefficient (Wildman–Crippen LogP) is 3.27. The molecule has 0 bridgehead atoms. The van der Waals surface area contributed by atoms with Gasteiger partial charge in [0, 0.05) is 17.4 Å². The molecule has 3 nitrogen and oxygen atoms in total. The van der Waals surface area contributed by atoms with Crippen molar-refractivity contribution in [1.29, 1.82) is 0 Å². The van der Waals surface area contributed by atoms with Crippen molar-refractivity contribution >= 4 is 17.7 Å². The number of hydrogen-bond acceptors (Lipinski definition) is 3. The van der Waals surface area contributed by atoms with E-state index in [0.717, 1.165) is 22.5 Å². The Morgan fingerprint density at radius 2 is 2.22 bits per heavy atom. The Balaban J connectivity index is 1.57. The highest BCUT2D eigenvalue weighted by molar-refractivity contribution is 7.99. The third-order valence-electron chi connectivity index (χ3n) is 3.24. The van der Waals surface area contributed by atoms with Crippen molar-refractivity contribution in [1.82, 2.24) is 5.32 Å². The lowest BCUT2D eigenvalue weighted by Gasteiger charge is -2.08. The molecule has 0 saturated heterocycles. The van der Waals surface area contributed by atoms with Gasteiger partial charge in [-0.25, -0.2) is 0 Å². The zero-order valence-electron chi connectivity index (χ0n) is 10.9. The normalized spacial score (nSPS) is 16.1. The minimum atomic E-state index is 0.120. The summed E-state index contributed by atoms with van der Waals surface area (Å²) in [5, 5.41) is 3.69. The molecule has 1 heterocycles. The molecule has 1 N–H and O–H groups in total. The zero-order chi connectivity index (χ0) is 12.8. The van der Waals surface area contributed by atoms with Crippen molar-refractivity contribution in [2.24, 2.45) is 0 Å². The van der Waals surface area contributed by atoms with E-state index in [9.17, 15) is 4.79 Å². The summed E-state index contributed by atoms with van der Waals surface area (Å²) in [6.07, 6.45) is 6.00. The second-order valence-electron chi connectivity index (χ2n) is 4.82. The number of aryl methyl sites for hydroxylation is 1.